The zero-order valence-electron chi connectivity index (χ0n) is 17.5. The molecule has 1 aromatic carbocycles. The molecule has 0 aliphatic rings. The maximum atomic E-state index is 12.3. The van der Waals surface area contributed by atoms with Crippen LogP contribution >= 0.6 is 11.3 Å². The van der Waals surface area contributed by atoms with Gasteiger partial charge in [0.15, 0.2) is 5.13 Å². The van der Waals surface area contributed by atoms with Crippen LogP contribution < -0.4 is 16.0 Å². The van der Waals surface area contributed by atoms with Crippen LogP contribution in [-0.4, -0.2) is 35.3 Å². The third-order valence-corrected chi connectivity index (χ3v) is 4.95. The van der Waals surface area contributed by atoms with Crippen LogP contribution in [0.25, 0.3) is 11.3 Å². The smallest absolute Gasteiger partial charge is 0.248 e. The zero-order valence-corrected chi connectivity index (χ0v) is 18.3. The van der Waals surface area contributed by atoms with Crippen LogP contribution in [0.2, 0.25) is 0 Å². The molecule has 0 aliphatic heterocycles. The van der Waals surface area contributed by atoms with Gasteiger partial charge in [0.25, 0.3) is 0 Å². The van der Waals surface area contributed by atoms with Gasteiger partial charge in [-0.25, -0.2) is 4.98 Å². The number of aromatic nitrogens is 1. The van der Waals surface area contributed by atoms with Crippen molar-refractivity contribution in [2.45, 2.75) is 47.1 Å². The van der Waals surface area contributed by atoms with Crippen molar-refractivity contribution in [3.05, 3.63) is 35.2 Å². The Kier molecular flexibility index (Phi) is 7.50. The highest BCUT2D eigenvalue weighted by molar-refractivity contribution is 7.14. The van der Waals surface area contributed by atoms with Crippen molar-refractivity contribution < 1.29 is 14.4 Å². The van der Waals surface area contributed by atoms with Gasteiger partial charge in [0.2, 0.25) is 17.7 Å². The maximum absolute atomic E-state index is 12.3. The van der Waals surface area contributed by atoms with Crippen LogP contribution in [0.5, 0.6) is 0 Å². The van der Waals surface area contributed by atoms with E-state index in [9.17, 15) is 14.4 Å². The number of thiazole rings is 1. The molecule has 156 valence electrons. The third-order valence-electron chi connectivity index (χ3n) is 4.19. The monoisotopic (exact) mass is 416 g/mol. The van der Waals surface area contributed by atoms with Gasteiger partial charge in [-0.05, 0) is 18.9 Å². The second-order valence-corrected chi connectivity index (χ2v) is 8.76. The minimum atomic E-state index is -0.656. The van der Waals surface area contributed by atoms with Crippen molar-refractivity contribution in [3.8, 4) is 11.3 Å². The molecule has 2 aromatic rings. The number of anilines is 1. The van der Waals surface area contributed by atoms with Crippen LogP contribution in [0.1, 0.15) is 40.2 Å². The number of carbonyl (C=O) groups excluding carboxylic acids is 3. The Bertz CT molecular complexity index is 869. The van der Waals surface area contributed by atoms with Gasteiger partial charge in [-0.3, -0.25) is 14.4 Å². The summed E-state index contributed by atoms with van der Waals surface area (Å²) in [6.07, 6.45) is 0.760. The minimum absolute atomic E-state index is 0.0361. The molecule has 0 fully saturated rings. The first-order valence-corrected chi connectivity index (χ1v) is 10.4. The molecule has 0 aliphatic carbocycles. The Morgan fingerprint density at radius 3 is 2.38 bits per heavy atom. The molecule has 1 atom stereocenters. The minimum Gasteiger partial charge on any atom is -0.356 e. The molecule has 29 heavy (non-hydrogen) atoms. The van der Waals surface area contributed by atoms with E-state index in [1.165, 1.54) is 18.3 Å². The predicted octanol–water partition coefficient (Wildman–Crippen LogP) is 2.98. The lowest BCUT2D eigenvalue weighted by atomic mass is 9.95. The molecule has 3 amide bonds. The Morgan fingerprint density at radius 2 is 1.79 bits per heavy atom. The first kappa shape index (κ1) is 22.5. The number of hydrogen-bond donors (Lipinski definition) is 3. The van der Waals surface area contributed by atoms with E-state index in [2.05, 4.69) is 20.9 Å². The van der Waals surface area contributed by atoms with Gasteiger partial charge in [-0.15, -0.1) is 11.3 Å². The highest BCUT2D eigenvalue weighted by Gasteiger charge is 2.25. The summed E-state index contributed by atoms with van der Waals surface area (Å²) in [5.41, 5.74) is 2.27. The normalized spacial score (nSPS) is 12.2. The highest BCUT2D eigenvalue weighted by Crippen LogP contribution is 2.25. The summed E-state index contributed by atoms with van der Waals surface area (Å²) in [5, 5.41) is 10.6. The number of hydrogen-bond acceptors (Lipinski definition) is 5. The standard InChI is InChI=1S/C21H28N4O3S/c1-13(23-19(28)21(3,4)5)18(27)25-20-24-17(12-29-20)16-8-6-15(7-9-16)10-11-22-14(2)26/h6-9,12-13H,10-11H2,1-5H3,(H,22,26)(H,23,28)(H,24,25,27)/t13-/m1/s1. The topological polar surface area (TPSA) is 100 Å². The second kappa shape index (κ2) is 9.65. The van der Waals surface area contributed by atoms with Crippen molar-refractivity contribution in [2.75, 3.05) is 11.9 Å². The van der Waals surface area contributed by atoms with Crippen molar-refractivity contribution in [1.29, 1.82) is 0 Å². The summed E-state index contributed by atoms with van der Waals surface area (Å²) in [7, 11) is 0. The lowest BCUT2D eigenvalue weighted by molar-refractivity contribution is -0.131. The number of nitrogens with zero attached hydrogens (tertiary/aromatic N) is 1. The largest absolute Gasteiger partial charge is 0.356 e. The summed E-state index contributed by atoms with van der Waals surface area (Å²) in [6.45, 7) is 9.14. The van der Waals surface area contributed by atoms with Gasteiger partial charge >= 0.3 is 0 Å². The van der Waals surface area contributed by atoms with E-state index < -0.39 is 11.5 Å². The average molecular weight is 417 g/mol. The Labute approximate surface area is 175 Å². The van der Waals surface area contributed by atoms with Crippen LogP contribution in [0.15, 0.2) is 29.6 Å². The van der Waals surface area contributed by atoms with E-state index >= 15 is 0 Å². The van der Waals surface area contributed by atoms with Crippen molar-refractivity contribution in [3.63, 3.8) is 0 Å². The average Bonchev–Trinajstić information content (AvgIpc) is 3.09. The fourth-order valence-corrected chi connectivity index (χ4v) is 3.10. The van der Waals surface area contributed by atoms with Gasteiger partial charge in [0.1, 0.15) is 6.04 Å². The molecule has 1 heterocycles. The second-order valence-electron chi connectivity index (χ2n) is 7.90. The molecule has 7 nitrogen and oxygen atoms in total. The maximum Gasteiger partial charge on any atom is 0.248 e. The molecule has 0 bridgehead atoms. The van der Waals surface area contributed by atoms with E-state index in [1.807, 2.05) is 29.6 Å². The summed E-state index contributed by atoms with van der Waals surface area (Å²) in [6, 6.07) is 7.28. The van der Waals surface area contributed by atoms with Crippen molar-refractivity contribution in [1.82, 2.24) is 15.6 Å². The molecule has 0 radical (unpaired) electrons. The molecule has 8 heteroatoms. The lowest BCUT2D eigenvalue weighted by Crippen LogP contribution is -2.46. The van der Waals surface area contributed by atoms with E-state index in [4.69, 9.17) is 0 Å². The molecular weight excluding hydrogens is 388 g/mol. The van der Waals surface area contributed by atoms with E-state index in [0.717, 1.165) is 23.2 Å². The van der Waals surface area contributed by atoms with Gasteiger partial charge < -0.3 is 16.0 Å². The fourth-order valence-electron chi connectivity index (χ4n) is 2.38. The van der Waals surface area contributed by atoms with Crippen LogP contribution in [0, 0.1) is 5.41 Å². The number of nitrogens with one attached hydrogen (secondary N) is 3. The van der Waals surface area contributed by atoms with Gasteiger partial charge in [-0.2, -0.15) is 0 Å². The Hall–Kier alpha value is -2.74. The van der Waals surface area contributed by atoms with Gasteiger partial charge in [-0.1, -0.05) is 45.0 Å². The zero-order chi connectivity index (χ0) is 21.6. The Morgan fingerprint density at radius 1 is 1.14 bits per heavy atom. The number of carbonyl (C=O) groups is 3. The quantitative estimate of drug-likeness (QED) is 0.646. The lowest BCUT2D eigenvalue weighted by Gasteiger charge is -2.21. The summed E-state index contributed by atoms with van der Waals surface area (Å²) in [4.78, 5) is 39.7. The van der Waals surface area contributed by atoms with Crippen LogP contribution in [0.3, 0.4) is 0 Å². The molecule has 3 N–H and O–H groups in total. The molecular formula is C21H28N4O3S. The first-order valence-electron chi connectivity index (χ1n) is 9.47. The molecule has 0 unspecified atom stereocenters. The summed E-state index contributed by atoms with van der Waals surface area (Å²) < 4.78 is 0. The molecule has 1 aromatic heterocycles. The summed E-state index contributed by atoms with van der Waals surface area (Å²) >= 11 is 1.33. The van der Waals surface area contributed by atoms with E-state index in [1.54, 1.807) is 27.7 Å². The first-order chi connectivity index (χ1) is 13.6. The summed E-state index contributed by atoms with van der Waals surface area (Å²) in [5.74, 6) is -0.527. The number of benzene rings is 1. The SMILES string of the molecule is CC(=O)NCCc1ccc(-c2csc(NC(=O)[C@@H](C)NC(=O)C(C)(C)C)n2)cc1. The highest BCUT2D eigenvalue weighted by atomic mass is 32.1. The molecule has 2 rings (SSSR count). The Balaban J connectivity index is 1.94. The van der Waals surface area contributed by atoms with Gasteiger partial charge in [0, 0.05) is 29.8 Å². The molecule has 0 saturated heterocycles. The van der Waals surface area contributed by atoms with E-state index in [0.29, 0.717) is 11.7 Å². The fraction of sp³-hybridized carbons (Fsp3) is 0.429. The molecule has 0 spiro atoms. The third kappa shape index (κ3) is 6.98. The molecule has 0 saturated carbocycles. The number of amides is 3. The van der Waals surface area contributed by atoms with Crippen molar-refractivity contribution in [2.24, 2.45) is 5.41 Å². The predicted molar refractivity (Wildman–Crippen MR) is 116 cm³/mol. The van der Waals surface area contributed by atoms with Gasteiger partial charge in [0.05, 0.1) is 5.69 Å². The van der Waals surface area contributed by atoms with Crippen LogP contribution in [-0.2, 0) is 20.8 Å². The number of rotatable bonds is 7. The van der Waals surface area contributed by atoms with Crippen molar-refractivity contribution >= 4 is 34.2 Å². The van der Waals surface area contributed by atoms with E-state index in [-0.39, 0.29) is 17.7 Å². The van der Waals surface area contributed by atoms with Crippen LogP contribution in [0.4, 0.5) is 5.13 Å².